The number of anilines is 3. The Kier molecular flexibility index (Phi) is 6.52. The number of hydrogen-bond acceptors (Lipinski definition) is 6. The zero-order valence-corrected chi connectivity index (χ0v) is 21.8. The molecule has 200 valence electrons. The van der Waals surface area contributed by atoms with Crippen molar-refractivity contribution in [1.82, 2.24) is 0 Å². The molecule has 11 heteroatoms. The van der Waals surface area contributed by atoms with Crippen molar-refractivity contribution in [2.45, 2.75) is 63.4 Å². The summed E-state index contributed by atoms with van der Waals surface area (Å²) in [5.41, 5.74) is -1.21. The van der Waals surface area contributed by atoms with Crippen LogP contribution in [0.15, 0.2) is 36.4 Å². The molecule has 1 N–H and O–H groups in total. The van der Waals surface area contributed by atoms with Crippen molar-refractivity contribution < 1.29 is 27.8 Å². The Morgan fingerprint density at radius 3 is 2.47 bits per heavy atom. The smallest absolute Gasteiger partial charge is 0.417 e. The topological polar surface area (TPSA) is 80.0 Å². The van der Waals surface area contributed by atoms with E-state index in [0.717, 1.165) is 30.7 Å². The molecule has 1 saturated carbocycles. The number of aliphatic hydroxyl groups is 1. The number of nitrogens with zero attached hydrogens (tertiary/aromatic N) is 4. The van der Waals surface area contributed by atoms with Gasteiger partial charge in [0.1, 0.15) is 17.4 Å². The van der Waals surface area contributed by atoms with Crippen LogP contribution >= 0.6 is 12.2 Å². The Bertz CT molecular complexity index is 1330. The lowest BCUT2D eigenvalue weighted by atomic mass is 9.94. The maximum absolute atomic E-state index is 14.0. The van der Waals surface area contributed by atoms with Crippen LogP contribution in [0.5, 0.6) is 5.75 Å². The summed E-state index contributed by atoms with van der Waals surface area (Å²) in [6, 6.07) is 10.4. The molecule has 7 nitrogen and oxygen atoms in total. The van der Waals surface area contributed by atoms with Crippen LogP contribution in [-0.4, -0.2) is 47.0 Å². The number of nitriles is 1. The number of halogens is 3. The van der Waals surface area contributed by atoms with Gasteiger partial charge >= 0.3 is 6.18 Å². The third-order valence-electron chi connectivity index (χ3n) is 7.56. The Morgan fingerprint density at radius 1 is 1.18 bits per heavy atom. The van der Waals surface area contributed by atoms with Gasteiger partial charge in [0.25, 0.3) is 5.91 Å². The molecule has 5 rings (SSSR count). The molecular weight excluding hydrogens is 517 g/mol. The molecule has 0 unspecified atom stereocenters. The second kappa shape index (κ2) is 9.43. The molecule has 1 spiro atoms. The zero-order chi connectivity index (χ0) is 27.4. The number of carbonyl (C=O) groups excluding carboxylic acids is 1. The third kappa shape index (κ3) is 4.07. The Morgan fingerprint density at radius 2 is 1.87 bits per heavy atom. The average molecular weight is 545 g/mol. The molecule has 2 aromatic carbocycles. The van der Waals surface area contributed by atoms with Gasteiger partial charge in [-0.05, 0) is 75.3 Å². The van der Waals surface area contributed by atoms with Gasteiger partial charge in [-0.1, -0.05) is 12.8 Å². The summed E-state index contributed by atoms with van der Waals surface area (Å²) in [7, 11) is 0. The highest BCUT2D eigenvalue weighted by Crippen LogP contribution is 2.48. The van der Waals surface area contributed by atoms with E-state index >= 15 is 0 Å². The fourth-order valence-corrected chi connectivity index (χ4v) is 6.22. The van der Waals surface area contributed by atoms with Crippen LogP contribution in [0, 0.1) is 11.3 Å². The second-order valence-corrected chi connectivity index (χ2v) is 10.5. The second-order valence-electron chi connectivity index (χ2n) is 10.2. The van der Waals surface area contributed by atoms with Crippen LogP contribution in [0.3, 0.4) is 0 Å². The Labute approximate surface area is 224 Å². The van der Waals surface area contributed by atoms with E-state index in [-0.39, 0.29) is 35.5 Å². The first-order chi connectivity index (χ1) is 18.0. The fourth-order valence-electron chi connectivity index (χ4n) is 5.75. The van der Waals surface area contributed by atoms with Crippen molar-refractivity contribution in [2.75, 3.05) is 27.9 Å². The molecule has 0 radical (unpaired) electrons. The van der Waals surface area contributed by atoms with Crippen molar-refractivity contribution in [3.8, 4) is 11.8 Å². The minimum Gasteiger partial charge on any atom is -0.484 e. The summed E-state index contributed by atoms with van der Waals surface area (Å²) in [5, 5.41) is 19.0. The molecule has 2 aliphatic heterocycles. The molecule has 38 heavy (non-hydrogen) atoms. The van der Waals surface area contributed by atoms with Crippen LogP contribution in [0.4, 0.5) is 30.2 Å². The van der Waals surface area contributed by atoms with Gasteiger partial charge in [0.15, 0.2) is 5.11 Å². The minimum absolute atomic E-state index is 0.0176. The zero-order valence-electron chi connectivity index (χ0n) is 21.0. The number of rotatable bonds is 4. The molecule has 2 aromatic rings. The molecular formula is C27H27F3N4O3S. The van der Waals surface area contributed by atoms with Gasteiger partial charge in [-0.2, -0.15) is 18.4 Å². The Balaban J connectivity index is 1.61. The first-order valence-corrected chi connectivity index (χ1v) is 12.9. The van der Waals surface area contributed by atoms with Gasteiger partial charge < -0.3 is 19.6 Å². The van der Waals surface area contributed by atoms with Gasteiger partial charge in [-0.3, -0.25) is 9.69 Å². The standard InChI is InChI=1S/C27H27F3N4O3S/c1-16(2)32-14-20(15-35)37-23-8-7-19(12-22(23)32)34-25(38)33(24(36)26(34)9-3-4-10-26)18-6-5-17(13-31)21(11-18)27(28,29)30/h5-8,11-12,16,20,35H,3-4,9-10,14-15H2,1-2H3/t20-/m0/s1. The molecule has 3 aliphatic rings. The van der Waals surface area contributed by atoms with E-state index in [1.807, 2.05) is 19.9 Å². The monoisotopic (exact) mass is 544 g/mol. The lowest BCUT2D eigenvalue weighted by Crippen LogP contribution is -2.48. The number of fused-ring (bicyclic) bond motifs is 1. The maximum Gasteiger partial charge on any atom is 0.417 e. The maximum atomic E-state index is 14.0. The van der Waals surface area contributed by atoms with E-state index in [0.29, 0.717) is 30.8 Å². The highest BCUT2D eigenvalue weighted by Gasteiger charge is 2.57. The van der Waals surface area contributed by atoms with Crippen LogP contribution in [0.1, 0.15) is 50.7 Å². The van der Waals surface area contributed by atoms with Gasteiger partial charge in [0.2, 0.25) is 0 Å². The molecule has 1 atom stereocenters. The normalized spacial score (nSPS) is 20.8. The summed E-state index contributed by atoms with van der Waals surface area (Å²) in [5.74, 6) is 0.233. The highest BCUT2D eigenvalue weighted by molar-refractivity contribution is 7.81. The number of amides is 1. The van der Waals surface area contributed by atoms with Gasteiger partial charge in [0, 0.05) is 11.7 Å². The van der Waals surface area contributed by atoms with Crippen LogP contribution in [0.25, 0.3) is 0 Å². The number of ether oxygens (including phenoxy) is 1. The SMILES string of the molecule is CC(C)N1C[C@@H](CO)Oc2ccc(N3C(=S)N(c4ccc(C#N)c(C(F)(F)F)c4)C(=O)C34CCCC4)cc21. The van der Waals surface area contributed by atoms with Gasteiger partial charge in [0.05, 0.1) is 41.7 Å². The number of thiocarbonyl (C=S) groups is 1. The summed E-state index contributed by atoms with van der Waals surface area (Å²) in [6.45, 7) is 4.42. The van der Waals surface area contributed by atoms with Crippen molar-refractivity contribution >= 4 is 40.3 Å². The summed E-state index contributed by atoms with van der Waals surface area (Å²) in [4.78, 5) is 19.0. The average Bonchev–Trinajstić information content (AvgIpc) is 3.45. The lowest BCUT2D eigenvalue weighted by Gasteiger charge is -2.40. The van der Waals surface area contributed by atoms with E-state index in [1.54, 1.807) is 23.1 Å². The van der Waals surface area contributed by atoms with Crippen molar-refractivity contribution in [2.24, 2.45) is 0 Å². The first kappa shape index (κ1) is 26.3. The summed E-state index contributed by atoms with van der Waals surface area (Å²) >= 11 is 5.79. The van der Waals surface area contributed by atoms with Crippen molar-refractivity contribution in [1.29, 1.82) is 5.26 Å². The predicted octanol–water partition coefficient (Wildman–Crippen LogP) is 5.00. The largest absolute Gasteiger partial charge is 0.484 e. The molecule has 2 fully saturated rings. The number of benzene rings is 2. The van der Waals surface area contributed by atoms with Crippen LogP contribution in [0.2, 0.25) is 0 Å². The molecule has 2 heterocycles. The quantitative estimate of drug-likeness (QED) is 0.543. The lowest BCUT2D eigenvalue weighted by molar-refractivity contribution is -0.137. The highest BCUT2D eigenvalue weighted by atomic mass is 32.1. The van der Waals surface area contributed by atoms with Crippen LogP contribution < -0.4 is 19.4 Å². The van der Waals surface area contributed by atoms with Gasteiger partial charge in [-0.15, -0.1) is 0 Å². The summed E-state index contributed by atoms with van der Waals surface area (Å²) < 4.78 is 47.1. The molecule has 1 amide bonds. The molecule has 0 bridgehead atoms. The predicted molar refractivity (Wildman–Crippen MR) is 140 cm³/mol. The van der Waals surface area contributed by atoms with E-state index in [4.69, 9.17) is 17.0 Å². The van der Waals surface area contributed by atoms with Gasteiger partial charge in [-0.25, -0.2) is 0 Å². The molecule has 0 aromatic heterocycles. The number of alkyl halides is 3. The van der Waals surface area contributed by atoms with E-state index < -0.39 is 22.8 Å². The minimum atomic E-state index is -4.76. The number of hydrogen-bond donors (Lipinski definition) is 1. The summed E-state index contributed by atoms with van der Waals surface area (Å²) in [6.07, 6.45) is -2.55. The van der Waals surface area contributed by atoms with E-state index in [1.165, 1.54) is 11.0 Å². The van der Waals surface area contributed by atoms with Crippen molar-refractivity contribution in [3.63, 3.8) is 0 Å². The third-order valence-corrected chi connectivity index (χ3v) is 7.93. The van der Waals surface area contributed by atoms with Crippen LogP contribution in [-0.2, 0) is 11.0 Å². The number of carbonyl (C=O) groups is 1. The molecule has 1 saturated heterocycles. The number of aliphatic hydroxyl groups excluding tert-OH is 1. The fraction of sp³-hybridized carbons (Fsp3) is 0.444. The first-order valence-electron chi connectivity index (χ1n) is 12.5. The van der Waals surface area contributed by atoms with E-state index in [9.17, 15) is 28.3 Å². The Hall–Kier alpha value is -3.36. The molecule has 1 aliphatic carbocycles. The van der Waals surface area contributed by atoms with E-state index in [2.05, 4.69) is 4.90 Å². The van der Waals surface area contributed by atoms with Crippen molar-refractivity contribution in [3.05, 3.63) is 47.5 Å².